The van der Waals surface area contributed by atoms with Gasteiger partial charge in [0.1, 0.15) is 33.4 Å². The van der Waals surface area contributed by atoms with Crippen LogP contribution in [0, 0.1) is 0 Å². The van der Waals surface area contributed by atoms with Crippen molar-refractivity contribution in [3.63, 3.8) is 0 Å². The average molecular weight is 677 g/mol. The zero-order chi connectivity index (χ0) is 32.6. The number of aliphatic carboxylic acids is 1. The number of anilines is 1. The highest BCUT2D eigenvalue weighted by Gasteiger charge is 2.54. The number of thiazole rings is 1. The number of nitrogens with two attached hydrogens (primary N) is 2. The number of nitrogen functional groups attached to an aromatic ring is 1. The summed E-state index contributed by atoms with van der Waals surface area (Å²) in [7, 11) is 0. The van der Waals surface area contributed by atoms with Gasteiger partial charge in [-0.3, -0.25) is 24.7 Å². The molecule has 0 radical (unpaired) electrons. The van der Waals surface area contributed by atoms with Crippen molar-refractivity contribution in [3.05, 3.63) is 46.4 Å². The number of hydrazine groups is 1. The molecule has 5 rings (SSSR count). The van der Waals surface area contributed by atoms with Gasteiger partial charge in [-0.05, 0) is 25.5 Å². The highest BCUT2D eigenvalue weighted by atomic mass is 32.2. The molecule has 5 heterocycles. The Morgan fingerprint density at radius 3 is 2.67 bits per heavy atom. The van der Waals surface area contributed by atoms with Crippen molar-refractivity contribution >= 4 is 81.0 Å². The molecule has 1 unspecified atom stereocenters. The van der Waals surface area contributed by atoms with Gasteiger partial charge in [0, 0.05) is 23.1 Å². The van der Waals surface area contributed by atoms with Crippen LogP contribution in [0.3, 0.4) is 0 Å². The number of nitrogens with one attached hydrogen (secondary N) is 2. The minimum atomic E-state index is -1.57. The number of fused-ring (bicyclic) bond motifs is 2. The van der Waals surface area contributed by atoms with Crippen molar-refractivity contribution in [2.24, 2.45) is 11.0 Å². The molecule has 2 atom stereocenters. The Bertz CT molecular complexity index is 1800. The first-order chi connectivity index (χ1) is 21.3. The molecule has 1 fully saturated rings. The minimum absolute atomic E-state index is 0.0298. The SMILES string of the molecule is CC(C)(ON=C(C(=O)NC1C(=O)N2C(C(=O)O)=C(CSc3ccnc4c(C(=O)O)cnn34)CS[C@@H]12)c1csc(N)n1)C(=O)NN. The Labute approximate surface area is 265 Å². The summed E-state index contributed by atoms with van der Waals surface area (Å²) in [6.07, 6.45) is 2.60. The lowest BCUT2D eigenvalue weighted by Gasteiger charge is -2.49. The maximum absolute atomic E-state index is 13.3. The van der Waals surface area contributed by atoms with Crippen molar-refractivity contribution in [1.29, 1.82) is 0 Å². The van der Waals surface area contributed by atoms with Crippen LogP contribution in [0.5, 0.6) is 0 Å². The summed E-state index contributed by atoms with van der Waals surface area (Å²) in [6.45, 7) is 2.73. The lowest BCUT2D eigenvalue weighted by Crippen LogP contribution is -2.71. The number of hydrogen-bond acceptors (Lipinski definition) is 15. The fraction of sp³-hybridized carbons (Fsp3) is 0.292. The van der Waals surface area contributed by atoms with Crippen LogP contribution in [0.1, 0.15) is 29.9 Å². The fourth-order valence-corrected chi connectivity index (χ4v) is 7.27. The van der Waals surface area contributed by atoms with Crippen LogP contribution in [0.15, 0.2) is 45.3 Å². The first-order valence-electron chi connectivity index (χ1n) is 12.7. The first kappa shape index (κ1) is 31.7. The van der Waals surface area contributed by atoms with Gasteiger partial charge in [-0.2, -0.15) is 5.10 Å². The van der Waals surface area contributed by atoms with E-state index >= 15 is 0 Å². The van der Waals surface area contributed by atoms with E-state index in [4.69, 9.17) is 16.4 Å². The van der Waals surface area contributed by atoms with Gasteiger partial charge in [0.15, 0.2) is 16.5 Å². The zero-order valence-electron chi connectivity index (χ0n) is 23.3. The quantitative estimate of drug-likeness (QED) is 0.0284. The van der Waals surface area contributed by atoms with E-state index in [9.17, 15) is 34.2 Å². The van der Waals surface area contributed by atoms with Crippen LogP contribution in [-0.4, -0.2) is 98.6 Å². The third kappa shape index (κ3) is 6.01. The number of nitrogens with zero attached hydrogens (tertiary/aromatic N) is 6. The van der Waals surface area contributed by atoms with E-state index in [1.54, 1.807) is 6.07 Å². The average Bonchev–Trinajstić information content (AvgIpc) is 3.64. The number of amides is 3. The summed E-state index contributed by atoms with van der Waals surface area (Å²) in [5.41, 5.74) is 6.02. The van der Waals surface area contributed by atoms with E-state index < -0.39 is 46.7 Å². The number of carboxylic acid groups (broad SMARTS) is 2. The van der Waals surface area contributed by atoms with Crippen LogP contribution in [0.25, 0.3) is 5.65 Å². The maximum Gasteiger partial charge on any atom is 0.352 e. The number of hydrogen-bond donors (Lipinski definition) is 6. The number of aromatic nitrogens is 4. The molecular formula is C24H24N10O8S3. The molecule has 21 heteroatoms. The summed E-state index contributed by atoms with van der Waals surface area (Å²) in [6, 6.07) is 0.504. The number of carboxylic acids is 2. The molecule has 0 saturated carbocycles. The van der Waals surface area contributed by atoms with Gasteiger partial charge in [0.05, 0.1) is 6.20 Å². The van der Waals surface area contributed by atoms with Gasteiger partial charge < -0.3 is 26.1 Å². The molecule has 0 spiro atoms. The molecule has 0 aromatic carbocycles. The molecule has 236 valence electrons. The largest absolute Gasteiger partial charge is 0.477 e. The lowest BCUT2D eigenvalue weighted by molar-refractivity contribution is -0.150. The topological polar surface area (TPSA) is 270 Å². The molecule has 8 N–H and O–H groups in total. The van der Waals surface area contributed by atoms with Crippen LogP contribution in [0.2, 0.25) is 0 Å². The lowest BCUT2D eigenvalue weighted by atomic mass is 10.0. The number of rotatable bonds is 11. The summed E-state index contributed by atoms with van der Waals surface area (Å²) in [4.78, 5) is 76.9. The number of carbonyl (C=O) groups excluding carboxylic acids is 3. The number of carbonyl (C=O) groups is 5. The van der Waals surface area contributed by atoms with Crippen molar-refractivity contribution in [2.75, 3.05) is 17.2 Å². The summed E-state index contributed by atoms with van der Waals surface area (Å²) in [5.74, 6) is 0.782. The smallest absolute Gasteiger partial charge is 0.352 e. The molecule has 3 amide bonds. The monoisotopic (exact) mass is 676 g/mol. The van der Waals surface area contributed by atoms with Crippen LogP contribution < -0.4 is 22.3 Å². The Hall–Kier alpha value is -4.73. The number of β-lactam (4-membered cyclic amide) rings is 1. The van der Waals surface area contributed by atoms with Crippen LogP contribution in [-0.2, 0) is 24.0 Å². The van der Waals surface area contributed by atoms with Crippen molar-refractivity contribution in [3.8, 4) is 0 Å². The fourth-order valence-electron chi connectivity index (χ4n) is 4.27. The third-order valence-corrected chi connectivity index (χ3v) is 9.66. The molecule has 3 aromatic rings. The molecule has 1 saturated heterocycles. The molecule has 0 bridgehead atoms. The molecule has 2 aliphatic heterocycles. The van der Waals surface area contributed by atoms with Gasteiger partial charge >= 0.3 is 11.9 Å². The van der Waals surface area contributed by atoms with E-state index in [2.05, 4.69) is 25.5 Å². The van der Waals surface area contributed by atoms with Gasteiger partial charge in [0.25, 0.3) is 17.7 Å². The van der Waals surface area contributed by atoms with Gasteiger partial charge in [0.2, 0.25) is 5.60 Å². The predicted octanol–water partition coefficient (Wildman–Crippen LogP) is -0.514. The number of thioether (sulfide) groups is 2. The van der Waals surface area contributed by atoms with Gasteiger partial charge in [-0.15, -0.1) is 34.9 Å². The van der Waals surface area contributed by atoms with Gasteiger partial charge in [-0.1, -0.05) is 5.16 Å². The van der Waals surface area contributed by atoms with E-state index in [-0.39, 0.29) is 45.0 Å². The Kier molecular flexibility index (Phi) is 8.69. The Morgan fingerprint density at radius 1 is 1.27 bits per heavy atom. The number of oxime groups is 1. The zero-order valence-corrected chi connectivity index (χ0v) is 25.7. The van der Waals surface area contributed by atoms with E-state index in [0.29, 0.717) is 10.6 Å². The summed E-state index contributed by atoms with van der Waals surface area (Å²) < 4.78 is 1.34. The van der Waals surface area contributed by atoms with E-state index in [0.717, 1.165) is 16.2 Å². The number of aromatic carboxylic acids is 1. The molecule has 0 aliphatic carbocycles. The third-order valence-electron chi connectivity index (χ3n) is 6.55. The minimum Gasteiger partial charge on any atom is -0.477 e. The second-order valence-electron chi connectivity index (χ2n) is 9.87. The molecule has 45 heavy (non-hydrogen) atoms. The summed E-state index contributed by atoms with van der Waals surface area (Å²) >= 11 is 3.48. The Morgan fingerprint density at radius 2 is 2.02 bits per heavy atom. The van der Waals surface area contributed by atoms with Gasteiger partial charge in [-0.25, -0.2) is 29.9 Å². The maximum atomic E-state index is 13.3. The highest BCUT2D eigenvalue weighted by molar-refractivity contribution is 8.01. The highest BCUT2D eigenvalue weighted by Crippen LogP contribution is 2.41. The van der Waals surface area contributed by atoms with Crippen molar-refractivity contribution in [2.45, 2.75) is 35.9 Å². The normalized spacial score (nSPS) is 18.3. The molecule has 3 aromatic heterocycles. The standard InChI is InChI=1S/C24H24N10O8S3/c1-24(2,22(41)31-26)42-32-13(11-8-45-23(25)29-11)17(35)30-14-18(36)33-15(21(39)40)9(7-44-19(14)33)6-43-12-3-4-27-16-10(20(37)38)5-28-34(12)16/h3-5,8,14,19H,6-7,26H2,1-2H3,(H2,25,29)(H,30,35)(H,31,41)(H,37,38)(H,39,40)/t14?,19-/m0/s1. The van der Waals surface area contributed by atoms with E-state index in [1.807, 2.05) is 5.43 Å². The van der Waals surface area contributed by atoms with Crippen molar-refractivity contribution in [1.82, 2.24) is 35.2 Å². The van der Waals surface area contributed by atoms with Crippen LogP contribution >= 0.6 is 34.9 Å². The first-order valence-corrected chi connectivity index (χ1v) is 15.6. The Balaban J connectivity index is 1.34. The predicted molar refractivity (Wildman–Crippen MR) is 161 cm³/mol. The summed E-state index contributed by atoms with van der Waals surface area (Å²) in [5, 5.41) is 31.2. The molecular weight excluding hydrogens is 653 g/mol. The molecule has 18 nitrogen and oxygen atoms in total. The molecule has 2 aliphatic rings. The van der Waals surface area contributed by atoms with Crippen LogP contribution in [0.4, 0.5) is 5.13 Å². The second-order valence-corrected chi connectivity index (χ2v) is 12.9. The van der Waals surface area contributed by atoms with E-state index in [1.165, 1.54) is 59.7 Å². The van der Waals surface area contributed by atoms with Crippen molar-refractivity contribution < 1.29 is 39.0 Å². The second kappa shape index (κ2) is 12.3.